The molecule has 5 heteroatoms. The average Bonchev–Trinajstić information content (AvgIpc) is 2.36. The normalized spacial score (nSPS) is 17.4. The molecule has 2 N–H and O–H groups in total. The molecule has 0 aromatic heterocycles. The molecule has 1 aliphatic rings. The minimum atomic E-state index is -0.0125. The molecular weight excluding hydrogens is 236 g/mol. The van der Waals surface area contributed by atoms with E-state index >= 15 is 0 Å². The van der Waals surface area contributed by atoms with Crippen molar-refractivity contribution in [1.82, 2.24) is 10.6 Å². The van der Waals surface area contributed by atoms with Gasteiger partial charge in [-0.3, -0.25) is 0 Å². The van der Waals surface area contributed by atoms with Crippen molar-refractivity contribution in [2.75, 3.05) is 19.7 Å². The zero-order chi connectivity index (χ0) is 12.1. The Morgan fingerprint density at radius 2 is 2.12 bits per heavy atom. The van der Waals surface area contributed by atoms with Crippen LogP contribution in [0.4, 0.5) is 0 Å². The Bertz CT molecular complexity index is 398. The highest BCUT2D eigenvalue weighted by Crippen LogP contribution is 2.30. The van der Waals surface area contributed by atoms with E-state index in [4.69, 9.17) is 21.7 Å². The summed E-state index contributed by atoms with van der Waals surface area (Å²) >= 11 is 5.08. The van der Waals surface area contributed by atoms with E-state index in [9.17, 15) is 0 Å². The summed E-state index contributed by atoms with van der Waals surface area (Å²) in [7, 11) is 0. The number of para-hydroxylation sites is 2. The van der Waals surface area contributed by atoms with E-state index in [1.54, 1.807) is 0 Å². The summed E-state index contributed by atoms with van der Waals surface area (Å²) in [6.45, 7) is 4.00. The summed E-state index contributed by atoms with van der Waals surface area (Å²) in [5.74, 6) is 1.60. The third kappa shape index (κ3) is 3.23. The van der Waals surface area contributed by atoms with Gasteiger partial charge in [-0.2, -0.15) is 0 Å². The largest absolute Gasteiger partial charge is 0.486 e. The van der Waals surface area contributed by atoms with E-state index in [1.165, 1.54) is 0 Å². The zero-order valence-corrected chi connectivity index (χ0v) is 10.5. The number of nitrogens with one attached hydrogen (secondary N) is 2. The van der Waals surface area contributed by atoms with Crippen LogP contribution in [-0.4, -0.2) is 30.9 Å². The van der Waals surface area contributed by atoms with Gasteiger partial charge < -0.3 is 20.1 Å². The molecule has 0 spiro atoms. The maximum absolute atomic E-state index is 5.79. The van der Waals surface area contributed by atoms with Gasteiger partial charge in [-0.05, 0) is 31.3 Å². The van der Waals surface area contributed by atoms with Crippen molar-refractivity contribution < 1.29 is 9.47 Å². The molecule has 0 aliphatic carbocycles. The summed E-state index contributed by atoms with van der Waals surface area (Å²) in [6.07, 6.45) is -0.0125. The molecule has 0 unspecified atom stereocenters. The van der Waals surface area contributed by atoms with Crippen molar-refractivity contribution in [3.8, 4) is 11.5 Å². The highest BCUT2D eigenvalue weighted by Gasteiger charge is 2.20. The van der Waals surface area contributed by atoms with Crippen LogP contribution in [0.2, 0.25) is 0 Å². The van der Waals surface area contributed by atoms with E-state index in [0.717, 1.165) is 18.0 Å². The Kier molecular flexibility index (Phi) is 4.03. The van der Waals surface area contributed by atoms with Gasteiger partial charge in [0.05, 0.1) is 6.54 Å². The van der Waals surface area contributed by atoms with E-state index in [0.29, 0.717) is 18.3 Å². The maximum Gasteiger partial charge on any atom is 0.166 e. The monoisotopic (exact) mass is 252 g/mol. The molecule has 0 fully saturated rings. The van der Waals surface area contributed by atoms with Gasteiger partial charge in [0, 0.05) is 6.54 Å². The van der Waals surface area contributed by atoms with Crippen LogP contribution in [0.25, 0.3) is 0 Å². The van der Waals surface area contributed by atoms with E-state index in [-0.39, 0.29) is 6.10 Å². The third-order valence-electron chi connectivity index (χ3n) is 2.40. The first kappa shape index (κ1) is 12.0. The SMILES string of the molecule is CCNC(=S)NC[C@H]1COc2ccccc2O1. The topological polar surface area (TPSA) is 42.5 Å². The molecule has 0 saturated carbocycles. The number of hydrogen-bond acceptors (Lipinski definition) is 3. The fourth-order valence-corrected chi connectivity index (χ4v) is 1.82. The standard InChI is InChI=1S/C12H16N2O2S/c1-2-13-12(17)14-7-9-8-15-10-5-3-4-6-11(10)16-9/h3-6,9H,2,7-8H2,1H3,(H2,13,14,17)/t9-/m0/s1. The number of rotatable bonds is 3. The molecule has 1 aliphatic heterocycles. The molecular formula is C12H16N2O2S. The van der Waals surface area contributed by atoms with Crippen LogP contribution >= 0.6 is 12.2 Å². The Hall–Kier alpha value is -1.49. The molecule has 92 valence electrons. The van der Waals surface area contributed by atoms with Crippen LogP contribution in [0.15, 0.2) is 24.3 Å². The molecule has 0 saturated heterocycles. The van der Waals surface area contributed by atoms with Crippen LogP contribution in [0.5, 0.6) is 11.5 Å². The molecule has 1 heterocycles. The second kappa shape index (κ2) is 5.72. The Morgan fingerprint density at radius 3 is 2.88 bits per heavy atom. The molecule has 0 bridgehead atoms. The summed E-state index contributed by atoms with van der Waals surface area (Å²) in [4.78, 5) is 0. The second-order valence-electron chi connectivity index (χ2n) is 3.74. The van der Waals surface area contributed by atoms with E-state index in [2.05, 4.69) is 10.6 Å². The first-order valence-corrected chi connectivity index (χ1v) is 6.10. The van der Waals surface area contributed by atoms with Gasteiger partial charge in [-0.25, -0.2) is 0 Å². The number of hydrogen-bond donors (Lipinski definition) is 2. The Labute approximate surface area is 106 Å². The van der Waals surface area contributed by atoms with Crippen molar-refractivity contribution in [2.45, 2.75) is 13.0 Å². The van der Waals surface area contributed by atoms with Gasteiger partial charge in [0.15, 0.2) is 16.6 Å². The van der Waals surface area contributed by atoms with Crippen LogP contribution < -0.4 is 20.1 Å². The molecule has 4 nitrogen and oxygen atoms in total. The van der Waals surface area contributed by atoms with Crippen molar-refractivity contribution >= 4 is 17.3 Å². The van der Waals surface area contributed by atoms with Gasteiger partial charge in [0.25, 0.3) is 0 Å². The molecule has 2 rings (SSSR count). The Morgan fingerprint density at radius 1 is 1.35 bits per heavy atom. The van der Waals surface area contributed by atoms with Crippen molar-refractivity contribution in [3.63, 3.8) is 0 Å². The number of ether oxygens (including phenoxy) is 2. The fraction of sp³-hybridized carbons (Fsp3) is 0.417. The van der Waals surface area contributed by atoms with Crippen LogP contribution in [0.3, 0.4) is 0 Å². The highest BCUT2D eigenvalue weighted by molar-refractivity contribution is 7.80. The lowest BCUT2D eigenvalue weighted by atomic mass is 10.2. The minimum Gasteiger partial charge on any atom is -0.486 e. The lowest BCUT2D eigenvalue weighted by molar-refractivity contribution is 0.0937. The summed E-state index contributed by atoms with van der Waals surface area (Å²) in [6, 6.07) is 7.68. The summed E-state index contributed by atoms with van der Waals surface area (Å²) in [5.41, 5.74) is 0. The van der Waals surface area contributed by atoms with Crippen LogP contribution in [0.1, 0.15) is 6.92 Å². The first-order valence-electron chi connectivity index (χ1n) is 5.69. The van der Waals surface area contributed by atoms with Gasteiger partial charge in [0.1, 0.15) is 12.7 Å². The zero-order valence-electron chi connectivity index (χ0n) is 9.73. The summed E-state index contributed by atoms with van der Waals surface area (Å²) in [5, 5.41) is 6.78. The molecule has 17 heavy (non-hydrogen) atoms. The van der Waals surface area contributed by atoms with Crippen LogP contribution in [-0.2, 0) is 0 Å². The van der Waals surface area contributed by atoms with E-state index < -0.39 is 0 Å². The van der Waals surface area contributed by atoms with Crippen molar-refractivity contribution in [1.29, 1.82) is 0 Å². The quantitative estimate of drug-likeness (QED) is 0.794. The molecule has 0 radical (unpaired) electrons. The van der Waals surface area contributed by atoms with Gasteiger partial charge >= 0.3 is 0 Å². The smallest absolute Gasteiger partial charge is 0.166 e. The lowest BCUT2D eigenvalue weighted by Gasteiger charge is -2.26. The van der Waals surface area contributed by atoms with Crippen molar-refractivity contribution in [3.05, 3.63) is 24.3 Å². The molecule has 1 atom stereocenters. The number of thiocarbonyl (C=S) groups is 1. The minimum absolute atomic E-state index is 0.0125. The highest BCUT2D eigenvalue weighted by atomic mass is 32.1. The third-order valence-corrected chi connectivity index (χ3v) is 2.68. The average molecular weight is 252 g/mol. The fourth-order valence-electron chi connectivity index (χ4n) is 1.59. The molecule has 0 amide bonds. The predicted molar refractivity (Wildman–Crippen MR) is 70.6 cm³/mol. The van der Waals surface area contributed by atoms with Crippen molar-refractivity contribution in [2.24, 2.45) is 0 Å². The van der Waals surface area contributed by atoms with Gasteiger partial charge in [-0.1, -0.05) is 12.1 Å². The molecule has 1 aromatic rings. The predicted octanol–water partition coefficient (Wildman–Crippen LogP) is 1.31. The maximum atomic E-state index is 5.79. The second-order valence-corrected chi connectivity index (χ2v) is 4.15. The van der Waals surface area contributed by atoms with Crippen LogP contribution in [0, 0.1) is 0 Å². The van der Waals surface area contributed by atoms with Gasteiger partial charge in [0.2, 0.25) is 0 Å². The number of benzene rings is 1. The first-order chi connectivity index (χ1) is 8.29. The van der Waals surface area contributed by atoms with Gasteiger partial charge in [-0.15, -0.1) is 0 Å². The Balaban J connectivity index is 1.84. The summed E-state index contributed by atoms with van der Waals surface area (Å²) < 4.78 is 11.4. The number of fused-ring (bicyclic) bond motifs is 1. The molecule has 1 aromatic carbocycles. The van der Waals surface area contributed by atoms with E-state index in [1.807, 2.05) is 31.2 Å². The lowest BCUT2D eigenvalue weighted by Crippen LogP contribution is -2.44.